The number of aliphatic carboxylic acids is 1. The van der Waals surface area contributed by atoms with Gasteiger partial charge in [-0.25, -0.2) is 0 Å². The highest BCUT2D eigenvalue weighted by Crippen LogP contribution is 2.11. The Balaban J connectivity index is 2.44. The molecule has 0 saturated carbocycles. The second-order valence-electron chi connectivity index (χ2n) is 3.93. The lowest BCUT2D eigenvalue weighted by molar-refractivity contribution is -0.137. The first-order chi connectivity index (χ1) is 8.15. The Morgan fingerprint density at radius 3 is 2.53 bits per heavy atom. The Morgan fingerprint density at radius 1 is 1.41 bits per heavy atom. The molecule has 0 spiro atoms. The average Bonchev–Trinajstić information content (AvgIpc) is 2.34. The van der Waals surface area contributed by atoms with E-state index in [0.717, 1.165) is 17.7 Å². The number of rotatable bonds is 7. The Labute approximate surface area is 102 Å². The van der Waals surface area contributed by atoms with Crippen LogP contribution in [-0.4, -0.2) is 24.2 Å². The van der Waals surface area contributed by atoms with Gasteiger partial charge in [-0.3, -0.25) is 4.79 Å². The van der Waals surface area contributed by atoms with Gasteiger partial charge in [-0.15, -0.1) is 0 Å². The molecule has 1 aromatic carbocycles. The molecule has 0 aliphatic rings. The van der Waals surface area contributed by atoms with E-state index in [0.29, 0.717) is 6.54 Å². The van der Waals surface area contributed by atoms with Gasteiger partial charge in [0.1, 0.15) is 5.75 Å². The smallest absolute Gasteiger partial charge is 0.304 e. The molecular weight excluding hydrogens is 218 g/mol. The largest absolute Gasteiger partial charge is 0.497 e. The number of benzene rings is 1. The monoisotopic (exact) mass is 237 g/mol. The van der Waals surface area contributed by atoms with Crippen LogP contribution in [0, 0.1) is 0 Å². The summed E-state index contributed by atoms with van der Waals surface area (Å²) in [5, 5.41) is 12.0. The molecule has 1 aromatic rings. The highest BCUT2D eigenvalue weighted by atomic mass is 16.5. The van der Waals surface area contributed by atoms with E-state index in [9.17, 15) is 4.79 Å². The molecular formula is C13H19NO3. The number of methoxy groups -OCH3 is 1. The number of hydrogen-bond acceptors (Lipinski definition) is 3. The molecule has 4 nitrogen and oxygen atoms in total. The second kappa shape index (κ2) is 6.91. The molecule has 1 rings (SSSR count). The summed E-state index contributed by atoms with van der Waals surface area (Å²) in [6, 6.07) is 7.76. The zero-order chi connectivity index (χ0) is 12.7. The summed E-state index contributed by atoms with van der Waals surface area (Å²) in [6.07, 6.45) is 0.967. The molecule has 17 heavy (non-hydrogen) atoms. The molecule has 0 aliphatic carbocycles. The van der Waals surface area contributed by atoms with Crippen LogP contribution in [0.25, 0.3) is 0 Å². The van der Waals surface area contributed by atoms with Crippen molar-refractivity contribution in [1.29, 1.82) is 0 Å². The molecule has 0 amide bonds. The van der Waals surface area contributed by atoms with E-state index in [-0.39, 0.29) is 12.5 Å². The van der Waals surface area contributed by atoms with Crippen LogP contribution in [0.2, 0.25) is 0 Å². The van der Waals surface area contributed by atoms with Crippen molar-refractivity contribution in [3.05, 3.63) is 29.8 Å². The van der Waals surface area contributed by atoms with Crippen LogP contribution in [0.1, 0.15) is 25.3 Å². The summed E-state index contributed by atoms with van der Waals surface area (Å²) in [4.78, 5) is 10.6. The molecule has 1 atom stereocenters. The third-order valence-corrected chi connectivity index (χ3v) is 2.67. The fourth-order valence-electron chi connectivity index (χ4n) is 1.58. The Kier molecular flexibility index (Phi) is 5.49. The third kappa shape index (κ3) is 4.87. The van der Waals surface area contributed by atoms with Gasteiger partial charge >= 0.3 is 5.97 Å². The first-order valence-corrected chi connectivity index (χ1v) is 5.73. The van der Waals surface area contributed by atoms with Gasteiger partial charge in [0.2, 0.25) is 0 Å². The van der Waals surface area contributed by atoms with E-state index in [2.05, 4.69) is 5.32 Å². The molecule has 0 radical (unpaired) electrons. The van der Waals surface area contributed by atoms with Crippen molar-refractivity contribution in [3.8, 4) is 5.75 Å². The van der Waals surface area contributed by atoms with E-state index in [1.807, 2.05) is 31.2 Å². The standard InChI is InChI=1S/C13H19NO3/c1-3-11(8-13(15)16)14-9-10-4-6-12(17-2)7-5-10/h4-7,11,14H,3,8-9H2,1-2H3,(H,15,16). The average molecular weight is 237 g/mol. The molecule has 2 N–H and O–H groups in total. The summed E-state index contributed by atoms with van der Waals surface area (Å²) in [7, 11) is 1.63. The fraction of sp³-hybridized carbons (Fsp3) is 0.462. The number of ether oxygens (including phenoxy) is 1. The zero-order valence-corrected chi connectivity index (χ0v) is 10.3. The second-order valence-corrected chi connectivity index (χ2v) is 3.93. The van der Waals surface area contributed by atoms with Crippen LogP contribution in [0.4, 0.5) is 0 Å². The summed E-state index contributed by atoms with van der Waals surface area (Å²) in [5.74, 6) is 0.0606. The summed E-state index contributed by atoms with van der Waals surface area (Å²) in [6.45, 7) is 2.66. The van der Waals surface area contributed by atoms with Gasteiger partial charge in [0.25, 0.3) is 0 Å². The molecule has 0 bridgehead atoms. The van der Waals surface area contributed by atoms with Crippen molar-refractivity contribution in [2.45, 2.75) is 32.4 Å². The van der Waals surface area contributed by atoms with E-state index in [1.54, 1.807) is 7.11 Å². The summed E-state index contributed by atoms with van der Waals surface area (Å²) < 4.78 is 5.07. The molecule has 0 saturated heterocycles. The first kappa shape index (κ1) is 13.5. The van der Waals surface area contributed by atoms with Gasteiger partial charge in [0.15, 0.2) is 0 Å². The highest BCUT2D eigenvalue weighted by Gasteiger charge is 2.09. The molecule has 0 fully saturated rings. The molecule has 1 unspecified atom stereocenters. The van der Waals surface area contributed by atoms with Crippen LogP contribution in [-0.2, 0) is 11.3 Å². The van der Waals surface area contributed by atoms with Crippen LogP contribution >= 0.6 is 0 Å². The maximum atomic E-state index is 10.6. The highest BCUT2D eigenvalue weighted by molar-refractivity contribution is 5.67. The Bertz CT molecular complexity index is 348. The fourth-order valence-corrected chi connectivity index (χ4v) is 1.58. The van der Waals surface area contributed by atoms with Crippen molar-refractivity contribution >= 4 is 5.97 Å². The lowest BCUT2D eigenvalue weighted by Crippen LogP contribution is -2.30. The van der Waals surface area contributed by atoms with Gasteiger partial charge in [0.05, 0.1) is 13.5 Å². The van der Waals surface area contributed by atoms with E-state index < -0.39 is 5.97 Å². The van der Waals surface area contributed by atoms with Gasteiger partial charge in [-0.05, 0) is 24.1 Å². The number of carboxylic acids is 1. The SMILES string of the molecule is CCC(CC(=O)O)NCc1ccc(OC)cc1. The molecule has 0 aliphatic heterocycles. The summed E-state index contributed by atoms with van der Waals surface area (Å²) >= 11 is 0. The maximum Gasteiger partial charge on any atom is 0.304 e. The molecule has 0 heterocycles. The number of nitrogens with one attached hydrogen (secondary N) is 1. The van der Waals surface area contributed by atoms with Gasteiger partial charge in [-0.2, -0.15) is 0 Å². The van der Waals surface area contributed by atoms with Crippen molar-refractivity contribution in [2.75, 3.05) is 7.11 Å². The minimum atomic E-state index is -0.765. The maximum absolute atomic E-state index is 10.6. The molecule has 94 valence electrons. The minimum Gasteiger partial charge on any atom is -0.497 e. The lowest BCUT2D eigenvalue weighted by Gasteiger charge is -2.14. The van der Waals surface area contributed by atoms with Gasteiger partial charge in [0, 0.05) is 12.6 Å². The number of carboxylic acid groups (broad SMARTS) is 1. The zero-order valence-electron chi connectivity index (χ0n) is 10.3. The van der Waals surface area contributed by atoms with Crippen LogP contribution in [0.5, 0.6) is 5.75 Å². The van der Waals surface area contributed by atoms with Gasteiger partial charge in [-0.1, -0.05) is 19.1 Å². The quantitative estimate of drug-likeness (QED) is 0.762. The van der Waals surface area contributed by atoms with Gasteiger partial charge < -0.3 is 15.2 Å². The van der Waals surface area contributed by atoms with Crippen LogP contribution < -0.4 is 10.1 Å². The van der Waals surface area contributed by atoms with Crippen LogP contribution in [0.3, 0.4) is 0 Å². The van der Waals surface area contributed by atoms with Crippen molar-refractivity contribution in [3.63, 3.8) is 0 Å². The lowest BCUT2D eigenvalue weighted by atomic mass is 10.1. The minimum absolute atomic E-state index is 0.0228. The Morgan fingerprint density at radius 2 is 2.06 bits per heavy atom. The van der Waals surface area contributed by atoms with Crippen molar-refractivity contribution in [2.24, 2.45) is 0 Å². The normalized spacial score (nSPS) is 12.1. The first-order valence-electron chi connectivity index (χ1n) is 5.73. The third-order valence-electron chi connectivity index (χ3n) is 2.67. The predicted octanol–water partition coefficient (Wildman–Crippen LogP) is 2.04. The van der Waals surface area contributed by atoms with Crippen molar-refractivity contribution < 1.29 is 14.6 Å². The number of carbonyl (C=O) groups is 1. The molecule has 4 heteroatoms. The van der Waals surface area contributed by atoms with E-state index in [4.69, 9.17) is 9.84 Å². The topological polar surface area (TPSA) is 58.6 Å². The van der Waals surface area contributed by atoms with E-state index >= 15 is 0 Å². The van der Waals surface area contributed by atoms with E-state index in [1.165, 1.54) is 0 Å². The van der Waals surface area contributed by atoms with Crippen molar-refractivity contribution in [1.82, 2.24) is 5.32 Å². The summed E-state index contributed by atoms with van der Waals surface area (Å²) in [5.41, 5.74) is 1.12. The van der Waals surface area contributed by atoms with Crippen LogP contribution in [0.15, 0.2) is 24.3 Å². The predicted molar refractivity (Wildman–Crippen MR) is 66.2 cm³/mol. The number of hydrogen-bond donors (Lipinski definition) is 2. The molecule has 0 aromatic heterocycles. The Hall–Kier alpha value is -1.55.